The summed E-state index contributed by atoms with van der Waals surface area (Å²) < 4.78 is 5.54. The molecule has 0 saturated carbocycles. The molecule has 2 rings (SSSR count). The third-order valence-electron chi connectivity index (χ3n) is 5.09. The van der Waals surface area contributed by atoms with E-state index < -0.39 is 6.29 Å². The third-order valence-corrected chi connectivity index (χ3v) is 5.09. The van der Waals surface area contributed by atoms with Crippen molar-refractivity contribution in [3.05, 3.63) is 71.8 Å². The maximum absolute atomic E-state index is 10.0. The summed E-state index contributed by atoms with van der Waals surface area (Å²) in [5.74, 6) is 0.929. The highest BCUT2D eigenvalue weighted by Gasteiger charge is 2.02. The number of rotatable bonds is 14. The largest absolute Gasteiger partial charge is 0.508 e. The summed E-state index contributed by atoms with van der Waals surface area (Å²) in [6.07, 6.45) is 15.0. The zero-order chi connectivity index (χ0) is 20.7. The molecule has 0 saturated heterocycles. The summed E-state index contributed by atoms with van der Waals surface area (Å²) in [5, 5.41) is 19.3. The highest BCUT2D eigenvalue weighted by Crippen LogP contribution is 2.17. The monoisotopic (exact) mass is 396 g/mol. The lowest BCUT2D eigenvalue weighted by atomic mass is 10.0. The topological polar surface area (TPSA) is 49.7 Å². The van der Waals surface area contributed by atoms with Gasteiger partial charge in [-0.15, -0.1) is 0 Å². The van der Waals surface area contributed by atoms with Gasteiger partial charge in [0.2, 0.25) is 6.29 Å². The Morgan fingerprint density at radius 3 is 2.03 bits per heavy atom. The lowest BCUT2D eigenvalue weighted by molar-refractivity contribution is 0.0246. The highest BCUT2D eigenvalue weighted by molar-refractivity contribution is 5.28. The van der Waals surface area contributed by atoms with Crippen LogP contribution in [0, 0.1) is 0 Å². The fourth-order valence-corrected chi connectivity index (χ4v) is 3.33. The molecule has 1 unspecified atom stereocenters. The number of aromatic hydroxyl groups is 1. The van der Waals surface area contributed by atoms with Crippen molar-refractivity contribution < 1.29 is 14.9 Å². The normalized spacial score (nSPS) is 12.3. The van der Waals surface area contributed by atoms with E-state index in [1.54, 1.807) is 18.2 Å². The van der Waals surface area contributed by atoms with E-state index in [2.05, 4.69) is 19.1 Å². The van der Waals surface area contributed by atoms with Crippen molar-refractivity contribution in [1.82, 2.24) is 0 Å². The molecule has 3 nitrogen and oxygen atoms in total. The Bertz CT molecular complexity index is 689. The van der Waals surface area contributed by atoms with Gasteiger partial charge in [-0.2, -0.15) is 0 Å². The standard InChI is InChI=1S/C26H36O3/c1-2-3-4-5-6-7-8-9-11-22-16-20-25(21-17-22)29-26(28)13-10-12-23-14-18-24(27)19-15-23/h10,13-21,26-28H,2-9,11-12H2,1H3. The van der Waals surface area contributed by atoms with E-state index in [9.17, 15) is 10.2 Å². The van der Waals surface area contributed by atoms with Crippen molar-refractivity contribution in [1.29, 1.82) is 0 Å². The van der Waals surface area contributed by atoms with Crippen LogP contribution in [0.2, 0.25) is 0 Å². The first kappa shape index (κ1) is 23.0. The van der Waals surface area contributed by atoms with Crippen molar-refractivity contribution in [2.45, 2.75) is 77.4 Å². The van der Waals surface area contributed by atoms with E-state index in [0.717, 1.165) is 12.0 Å². The minimum atomic E-state index is -0.967. The Balaban J connectivity index is 1.62. The van der Waals surface area contributed by atoms with Gasteiger partial charge in [0.25, 0.3) is 0 Å². The Labute approximate surface area is 176 Å². The molecule has 0 aliphatic carbocycles. The zero-order valence-electron chi connectivity index (χ0n) is 17.7. The second-order valence-corrected chi connectivity index (χ2v) is 7.68. The van der Waals surface area contributed by atoms with Gasteiger partial charge >= 0.3 is 0 Å². The van der Waals surface area contributed by atoms with Gasteiger partial charge in [-0.25, -0.2) is 0 Å². The Morgan fingerprint density at radius 2 is 1.38 bits per heavy atom. The van der Waals surface area contributed by atoms with E-state index in [1.807, 2.05) is 30.3 Å². The number of aliphatic hydroxyl groups excluding tert-OH is 1. The molecule has 0 fully saturated rings. The number of phenolic OH excluding ortho intramolecular Hbond substituents is 1. The molecule has 0 radical (unpaired) electrons. The van der Waals surface area contributed by atoms with Gasteiger partial charge in [0, 0.05) is 0 Å². The SMILES string of the molecule is CCCCCCCCCCc1ccc(OC(O)C=CCc2ccc(O)cc2)cc1. The van der Waals surface area contributed by atoms with Crippen LogP contribution in [0.3, 0.4) is 0 Å². The number of ether oxygens (including phenoxy) is 1. The molecule has 0 aliphatic heterocycles. The molecular weight excluding hydrogens is 360 g/mol. The van der Waals surface area contributed by atoms with Crippen molar-refractivity contribution >= 4 is 0 Å². The quantitative estimate of drug-likeness (QED) is 0.216. The first-order valence-corrected chi connectivity index (χ1v) is 11.1. The molecule has 2 aromatic rings. The predicted molar refractivity (Wildman–Crippen MR) is 120 cm³/mol. The Morgan fingerprint density at radius 1 is 0.793 bits per heavy atom. The summed E-state index contributed by atoms with van der Waals surface area (Å²) >= 11 is 0. The number of hydrogen-bond acceptors (Lipinski definition) is 3. The van der Waals surface area contributed by atoms with Gasteiger partial charge < -0.3 is 14.9 Å². The lowest BCUT2D eigenvalue weighted by Crippen LogP contribution is -2.11. The van der Waals surface area contributed by atoms with Crippen LogP contribution in [0.25, 0.3) is 0 Å². The number of allylic oxidation sites excluding steroid dienone is 1. The van der Waals surface area contributed by atoms with Crippen molar-refractivity contribution in [3.63, 3.8) is 0 Å². The molecule has 0 aromatic heterocycles. The number of hydrogen-bond donors (Lipinski definition) is 2. The molecule has 29 heavy (non-hydrogen) atoms. The van der Waals surface area contributed by atoms with Gasteiger partial charge in [0.05, 0.1) is 0 Å². The number of aliphatic hydroxyl groups is 1. The molecule has 3 heteroatoms. The van der Waals surface area contributed by atoms with Crippen molar-refractivity contribution in [3.8, 4) is 11.5 Å². The van der Waals surface area contributed by atoms with Crippen LogP contribution in [0.15, 0.2) is 60.7 Å². The molecule has 0 amide bonds. The van der Waals surface area contributed by atoms with Crippen molar-refractivity contribution in [2.75, 3.05) is 0 Å². The van der Waals surface area contributed by atoms with Crippen LogP contribution < -0.4 is 4.74 Å². The van der Waals surface area contributed by atoms with Gasteiger partial charge in [0.1, 0.15) is 11.5 Å². The fourth-order valence-electron chi connectivity index (χ4n) is 3.33. The average molecular weight is 397 g/mol. The van der Waals surface area contributed by atoms with Crippen molar-refractivity contribution in [2.24, 2.45) is 0 Å². The molecule has 2 aromatic carbocycles. The maximum atomic E-state index is 10.0. The predicted octanol–water partition coefficient (Wildman–Crippen LogP) is 6.57. The molecule has 0 bridgehead atoms. The molecule has 1 atom stereocenters. The maximum Gasteiger partial charge on any atom is 0.217 e. The van der Waals surface area contributed by atoms with Gasteiger partial charge in [0.15, 0.2) is 0 Å². The molecule has 0 spiro atoms. The Kier molecular flexibility index (Phi) is 11.0. The van der Waals surface area contributed by atoms with E-state index >= 15 is 0 Å². The average Bonchev–Trinajstić information content (AvgIpc) is 2.73. The van der Waals surface area contributed by atoms with Gasteiger partial charge in [-0.1, -0.05) is 82.2 Å². The zero-order valence-corrected chi connectivity index (χ0v) is 17.7. The van der Waals surface area contributed by atoms with E-state index in [4.69, 9.17) is 4.74 Å². The smallest absolute Gasteiger partial charge is 0.217 e. The van der Waals surface area contributed by atoms with Crippen LogP contribution >= 0.6 is 0 Å². The first-order chi connectivity index (χ1) is 14.2. The van der Waals surface area contributed by atoms with E-state index in [1.165, 1.54) is 56.9 Å². The minimum Gasteiger partial charge on any atom is -0.508 e. The molecule has 0 aliphatic rings. The number of benzene rings is 2. The lowest BCUT2D eigenvalue weighted by Gasteiger charge is -2.10. The highest BCUT2D eigenvalue weighted by atomic mass is 16.6. The molecule has 0 heterocycles. The second kappa shape index (κ2) is 13.8. The minimum absolute atomic E-state index is 0.256. The summed E-state index contributed by atoms with van der Waals surface area (Å²) in [7, 11) is 0. The van der Waals surface area contributed by atoms with Crippen LogP contribution in [0.1, 0.15) is 69.4 Å². The number of aryl methyl sites for hydroxylation is 1. The summed E-state index contributed by atoms with van der Waals surface area (Å²) in [6, 6.07) is 15.1. The number of unbranched alkanes of at least 4 members (excludes halogenated alkanes) is 7. The molecular formula is C26H36O3. The third kappa shape index (κ3) is 10.2. The van der Waals surface area contributed by atoms with E-state index in [0.29, 0.717) is 12.2 Å². The van der Waals surface area contributed by atoms with Crippen LogP contribution in [-0.2, 0) is 12.8 Å². The van der Waals surface area contributed by atoms with Crippen LogP contribution in [-0.4, -0.2) is 16.5 Å². The summed E-state index contributed by atoms with van der Waals surface area (Å²) in [5.41, 5.74) is 2.39. The van der Waals surface area contributed by atoms with Crippen LogP contribution in [0.4, 0.5) is 0 Å². The molecule has 2 N–H and O–H groups in total. The van der Waals surface area contributed by atoms with Crippen LogP contribution in [0.5, 0.6) is 11.5 Å². The number of phenols is 1. The fraction of sp³-hybridized carbons (Fsp3) is 0.462. The molecule has 158 valence electrons. The van der Waals surface area contributed by atoms with E-state index in [-0.39, 0.29) is 5.75 Å². The first-order valence-electron chi connectivity index (χ1n) is 11.1. The Hall–Kier alpha value is -2.26. The summed E-state index contributed by atoms with van der Waals surface area (Å²) in [4.78, 5) is 0. The van der Waals surface area contributed by atoms with Gasteiger partial charge in [-0.3, -0.25) is 0 Å². The van der Waals surface area contributed by atoms with Gasteiger partial charge in [-0.05, 0) is 60.7 Å². The second-order valence-electron chi connectivity index (χ2n) is 7.68. The summed E-state index contributed by atoms with van der Waals surface area (Å²) in [6.45, 7) is 2.26.